The van der Waals surface area contributed by atoms with Crippen LogP contribution >= 0.6 is 0 Å². The zero-order valence-corrected chi connectivity index (χ0v) is 16.7. The maximum absolute atomic E-state index is 12.0. The van der Waals surface area contributed by atoms with Crippen molar-refractivity contribution in [2.45, 2.75) is 20.0 Å². The van der Waals surface area contributed by atoms with Crippen LogP contribution in [0, 0.1) is 0 Å². The number of hydrogen-bond acceptors (Lipinski definition) is 5. The van der Waals surface area contributed by atoms with Crippen molar-refractivity contribution >= 4 is 12.1 Å². The maximum Gasteiger partial charge on any atom is 0.244 e. The average molecular weight is 404 g/mol. The lowest BCUT2D eigenvalue weighted by atomic mass is 10.1. The molecule has 0 atom stereocenters. The topological polar surface area (TPSA) is 80.2 Å². The highest BCUT2D eigenvalue weighted by molar-refractivity contribution is 5.84. The lowest BCUT2D eigenvalue weighted by Crippen LogP contribution is -2.19. The van der Waals surface area contributed by atoms with E-state index in [0.717, 1.165) is 16.7 Å². The second-order valence-corrected chi connectivity index (χ2v) is 6.55. The summed E-state index contributed by atoms with van der Waals surface area (Å²) in [6, 6.07) is 21.9. The number of hydrogen-bond donors (Lipinski definition) is 2. The number of aromatic hydroxyl groups is 1. The number of carbonyl (C=O) groups excluding carboxylic acids is 1. The molecule has 0 aliphatic rings. The normalized spacial score (nSPS) is 10.7. The molecule has 6 heteroatoms. The lowest BCUT2D eigenvalue weighted by Gasteiger charge is -2.12. The van der Waals surface area contributed by atoms with Crippen molar-refractivity contribution in [3.05, 3.63) is 89.5 Å². The number of rotatable bonds is 9. The van der Waals surface area contributed by atoms with Crippen LogP contribution in [0.2, 0.25) is 0 Å². The van der Waals surface area contributed by atoms with Crippen molar-refractivity contribution < 1.29 is 19.4 Å². The van der Waals surface area contributed by atoms with Crippen molar-refractivity contribution in [1.82, 2.24) is 5.43 Å². The van der Waals surface area contributed by atoms with Gasteiger partial charge in [0.1, 0.15) is 12.4 Å². The first kappa shape index (κ1) is 20.9. The number of carbonyl (C=O) groups is 1. The molecule has 0 saturated carbocycles. The Morgan fingerprint density at radius 3 is 2.47 bits per heavy atom. The smallest absolute Gasteiger partial charge is 0.244 e. The molecule has 0 radical (unpaired) electrons. The number of amides is 1. The second kappa shape index (κ2) is 10.7. The Balaban J connectivity index is 1.59. The van der Waals surface area contributed by atoms with E-state index in [2.05, 4.69) is 10.5 Å². The fourth-order valence-corrected chi connectivity index (χ4v) is 2.75. The van der Waals surface area contributed by atoms with Crippen LogP contribution in [-0.4, -0.2) is 23.8 Å². The number of nitrogens with one attached hydrogen (secondary N) is 1. The quantitative estimate of drug-likeness (QED) is 0.416. The predicted octanol–water partition coefficient (Wildman–Crippen LogP) is 4.06. The summed E-state index contributed by atoms with van der Waals surface area (Å²) in [7, 11) is 0. The summed E-state index contributed by atoms with van der Waals surface area (Å²) in [5.41, 5.74) is 5.14. The van der Waals surface area contributed by atoms with E-state index in [1.807, 2.05) is 55.5 Å². The second-order valence-electron chi connectivity index (χ2n) is 6.55. The summed E-state index contributed by atoms with van der Waals surface area (Å²) >= 11 is 0. The van der Waals surface area contributed by atoms with Gasteiger partial charge in [-0.05, 0) is 53.9 Å². The van der Waals surface area contributed by atoms with Crippen molar-refractivity contribution in [2.75, 3.05) is 6.61 Å². The van der Waals surface area contributed by atoms with Crippen LogP contribution in [0.5, 0.6) is 17.2 Å². The van der Waals surface area contributed by atoms with Crippen LogP contribution < -0.4 is 14.9 Å². The van der Waals surface area contributed by atoms with Gasteiger partial charge in [-0.1, -0.05) is 42.5 Å². The van der Waals surface area contributed by atoms with Gasteiger partial charge >= 0.3 is 0 Å². The molecule has 0 fully saturated rings. The summed E-state index contributed by atoms with van der Waals surface area (Å²) in [4.78, 5) is 12.0. The van der Waals surface area contributed by atoms with Gasteiger partial charge in [-0.25, -0.2) is 5.43 Å². The Morgan fingerprint density at radius 1 is 0.967 bits per heavy atom. The summed E-state index contributed by atoms with van der Waals surface area (Å²) in [6.07, 6.45) is 1.73. The average Bonchev–Trinajstić information content (AvgIpc) is 2.76. The Bertz CT molecular complexity index is 986. The van der Waals surface area contributed by atoms with E-state index >= 15 is 0 Å². The van der Waals surface area contributed by atoms with Crippen LogP contribution in [0.4, 0.5) is 0 Å². The number of ether oxygens (including phenoxy) is 2. The Labute approximate surface area is 175 Å². The van der Waals surface area contributed by atoms with E-state index in [4.69, 9.17) is 9.47 Å². The minimum atomic E-state index is -0.246. The van der Waals surface area contributed by atoms with Gasteiger partial charge in [0.2, 0.25) is 5.91 Å². The molecule has 0 heterocycles. The van der Waals surface area contributed by atoms with E-state index in [1.54, 1.807) is 30.5 Å². The predicted molar refractivity (Wildman–Crippen MR) is 116 cm³/mol. The summed E-state index contributed by atoms with van der Waals surface area (Å²) in [5.74, 6) is 1.19. The minimum absolute atomic E-state index is 0.165. The number of nitrogens with zero attached hydrogens (tertiary/aromatic N) is 1. The molecule has 0 unspecified atom stereocenters. The van der Waals surface area contributed by atoms with Crippen LogP contribution in [0.25, 0.3) is 0 Å². The van der Waals surface area contributed by atoms with Gasteiger partial charge in [-0.15, -0.1) is 0 Å². The number of phenolic OH excluding ortho intramolecular Hbond substituents is 1. The van der Waals surface area contributed by atoms with Crippen LogP contribution in [0.15, 0.2) is 77.9 Å². The molecule has 0 bridgehead atoms. The molecule has 0 aliphatic carbocycles. The molecule has 0 aliphatic heterocycles. The molecular formula is C24H24N2O4. The van der Waals surface area contributed by atoms with E-state index in [1.165, 1.54) is 0 Å². The van der Waals surface area contributed by atoms with Crippen molar-refractivity contribution in [3.8, 4) is 17.2 Å². The van der Waals surface area contributed by atoms with Gasteiger partial charge in [0.05, 0.1) is 19.2 Å². The van der Waals surface area contributed by atoms with Gasteiger partial charge < -0.3 is 14.6 Å². The number of benzene rings is 3. The highest BCUT2D eigenvalue weighted by Crippen LogP contribution is 2.28. The highest BCUT2D eigenvalue weighted by atomic mass is 16.5. The Hall–Kier alpha value is -3.80. The molecule has 3 aromatic rings. The van der Waals surface area contributed by atoms with Gasteiger partial charge in [-0.2, -0.15) is 5.10 Å². The van der Waals surface area contributed by atoms with Crippen molar-refractivity contribution in [3.63, 3.8) is 0 Å². The van der Waals surface area contributed by atoms with Gasteiger partial charge in [0.25, 0.3) is 0 Å². The summed E-state index contributed by atoms with van der Waals surface area (Å²) in [5, 5.41) is 13.3. The largest absolute Gasteiger partial charge is 0.508 e. The molecular weight excluding hydrogens is 380 g/mol. The summed E-state index contributed by atoms with van der Waals surface area (Å²) < 4.78 is 11.6. The molecule has 2 N–H and O–H groups in total. The molecule has 3 rings (SSSR count). The third-order valence-corrected chi connectivity index (χ3v) is 4.21. The minimum Gasteiger partial charge on any atom is -0.508 e. The molecule has 3 aromatic carbocycles. The van der Waals surface area contributed by atoms with Gasteiger partial charge in [0, 0.05) is 0 Å². The monoisotopic (exact) mass is 404 g/mol. The molecule has 1 amide bonds. The third-order valence-electron chi connectivity index (χ3n) is 4.21. The standard InChI is InChI=1S/C24H24N2O4/c1-2-29-23-14-20(10-13-22(23)30-17-19-6-4-3-5-7-19)16-25-26-24(28)15-18-8-11-21(27)12-9-18/h3-14,16,27H,2,15,17H2,1H3,(H,26,28)/b25-16-. The fraction of sp³-hybridized carbons (Fsp3) is 0.167. The number of phenols is 1. The van der Waals surface area contributed by atoms with E-state index in [9.17, 15) is 9.90 Å². The first-order chi connectivity index (χ1) is 14.6. The van der Waals surface area contributed by atoms with E-state index < -0.39 is 0 Å². The Kier molecular flexibility index (Phi) is 7.44. The Morgan fingerprint density at radius 2 is 1.73 bits per heavy atom. The molecule has 0 spiro atoms. The SMILES string of the molecule is CCOc1cc(/C=N\NC(=O)Cc2ccc(O)cc2)ccc1OCc1ccccc1. The number of hydrazone groups is 1. The first-order valence-corrected chi connectivity index (χ1v) is 9.67. The zero-order valence-electron chi connectivity index (χ0n) is 16.7. The van der Waals surface area contributed by atoms with Crippen LogP contribution in [0.1, 0.15) is 23.6 Å². The van der Waals surface area contributed by atoms with E-state index in [0.29, 0.717) is 24.7 Å². The highest BCUT2D eigenvalue weighted by Gasteiger charge is 2.07. The van der Waals surface area contributed by atoms with Crippen LogP contribution in [-0.2, 0) is 17.8 Å². The van der Waals surface area contributed by atoms with E-state index in [-0.39, 0.29) is 18.1 Å². The lowest BCUT2D eigenvalue weighted by molar-refractivity contribution is -0.120. The molecule has 6 nitrogen and oxygen atoms in total. The summed E-state index contributed by atoms with van der Waals surface area (Å²) in [6.45, 7) is 2.86. The van der Waals surface area contributed by atoms with Crippen molar-refractivity contribution in [1.29, 1.82) is 0 Å². The third kappa shape index (κ3) is 6.38. The zero-order chi connectivity index (χ0) is 21.2. The van der Waals surface area contributed by atoms with Gasteiger partial charge in [0.15, 0.2) is 11.5 Å². The van der Waals surface area contributed by atoms with Crippen molar-refractivity contribution in [2.24, 2.45) is 5.10 Å². The molecule has 0 aromatic heterocycles. The maximum atomic E-state index is 12.0. The molecule has 30 heavy (non-hydrogen) atoms. The molecule has 154 valence electrons. The van der Waals surface area contributed by atoms with Crippen LogP contribution in [0.3, 0.4) is 0 Å². The fourth-order valence-electron chi connectivity index (χ4n) is 2.75. The van der Waals surface area contributed by atoms with Gasteiger partial charge in [-0.3, -0.25) is 4.79 Å². The first-order valence-electron chi connectivity index (χ1n) is 9.67. The molecule has 0 saturated heterocycles.